The highest BCUT2D eigenvalue weighted by atomic mass is 32.1. The fourth-order valence-corrected chi connectivity index (χ4v) is 3.86. The molecule has 2 aromatic rings. The van der Waals surface area contributed by atoms with Crippen molar-refractivity contribution < 1.29 is 0 Å². The molecule has 1 nitrogen and oxygen atoms in total. The third-order valence-corrected chi connectivity index (χ3v) is 5.18. The van der Waals surface area contributed by atoms with Crippen LogP contribution in [0.4, 0.5) is 0 Å². The predicted octanol–water partition coefficient (Wildman–Crippen LogP) is 5.23. The summed E-state index contributed by atoms with van der Waals surface area (Å²) in [6.45, 7) is 7.90. The summed E-state index contributed by atoms with van der Waals surface area (Å²) in [6, 6.07) is 15.9. The van der Waals surface area contributed by atoms with Gasteiger partial charge in [-0.3, -0.25) is 0 Å². The molecule has 2 atom stereocenters. The molecule has 2 rings (SSSR count). The molecule has 21 heavy (non-hydrogen) atoms. The van der Waals surface area contributed by atoms with Crippen LogP contribution in [-0.2, 0) is 12.8 Å². The van der Waals surface area contributed by atoms with Gasteiger partial charge in [-0.2, -0.15) is 0 Å². The number of thiophene rings is 1. The molecule has 0 spiro atoms. The van der Waals surface area contributed by atoms with Crippen molar-refractivity contribution in [2.24, 2.45) is 5.92 Å². The Labute approximate surface area is 133 Å². The summed E-state index contributed by atoms with van der Waals surface area (Å²) in [7, 11) is 0. The lowest BCUT2D eigenvalue weighted by Gasteiger charge is -2.25. The summed E-state index contributed by atoms with van der Waals surface area (Å²) in [4.78, 5) is 3.01. The van der Waals surface area contributed by atoms with Crippen LogP contribution >= 0.6 is 11.3 Å². The number of hydrogen-bond donors (Lipinski definition) is 1. The molecule has 114 valence electrons. The third kappa shape index (κ3) is 4.69. The van der Waals surface area contributed by atoms with Crippen LogP contribution in [0, 0.1) is 5.92 Å². The summed E-state index contributed by atoms with van der Waals surface area (Å²) in [5, 5.41) is 3.73. The van der Waals surface area contributed by atoms with Crippen LogP contribution in [0.3, 0.4) is 0 Å². The Balaban J connectivity index is 2.08. The second kappa shape index (κ2) is 8.35. The zero-order chi connectivity index (χ0) is 15.1. The van der Waals surface area contributed by atoms with Crippen LogP contribution in [-0.4, -0.2) is 6.54 Å². The maximum absolute atomic E-state index is 3.73. The highest BCUT2D eigenvalue weighted by Crippen LogP contribution is 2.28. The topological polar surface area (TPSA) is 12.0 Å². The van der Waals surface area contributed by atoms with E-state index in [0.29, 0.717) is 12.0 Å². The highest BCUT2D eigenvalue weighted by molar-refractivity contribution is 7.11. The molecule has 1 aromatic heterocycles. The van der Waals surface area contributed by atoms with Gasteiger partial charge in [-0.25, -0.2) is 0 Å². The standard InChI is InChI=1S/C19H27NS/c1-4-13-20-19(16-9-7-6-8-10-16)15(3)14-18-12-11-17(5-2)21-18/h6-12,15,19-20H,4-5,13-14H2,1-3H3. The first-order valence-corrected chi connectivity index (χ1v) is 8.92. The van der Waals surface area contributed by atoms with Crippen molar-refractivity contribution in [3.8, 4) is 0 Å². The largest absolute Gasteiger partial charge is 0.310 e. The van der Waals surface area contributed by atoms with Gasteiger partial charge in [0, 0.05) is 15.8 Å². The SMILES string of the molecule is CCCNC(c1ccccc1)C(C)Cc1ccc(CC)s1. The van der Waals surface area contributed by atoms with Gasteiger partial charge < -0.3 is 5.32 Å². The van der Waals surface area contributed by atoms with Gasteiger partial charge in [0.25, 0.3) is 0 Å². The zero-order valence-electron chi connectivity index (χ0n) is 13.4. The minimum atomic E-state index is 0.443. The summed E-state index contributed by atoms with van der Waals surface area (Å²) in [5.74, 6) is 0.599. The van der Waals surface area contributed by atoms with Crippen LogP contribution in [0.5, 0.6) is 0 Å². The van der Waals surface area contributed by atoms with Crippen molar-refractivity contribution in [3.63, 3.8) is 0 Å². The monoisotopic (exact) mass is 301 g/mol. The molecule has 0 bridgehead atoms. The zero-order valence-corrected chi connectivity index (χ0v) is 14.2. The van der Waals surface area contributed by atoms with Gasteiger partial charge >= 0.3 is 0 Å². The number of aryl methyl sites for hydroxylation is 1. The molecule has 0 aliphatic heterocycles. The molecule has 0 fully saturated rings. The molecular formula is C19H27NS. The Morgan fingerprint density at radius 1 is 1.00 bits per heavy atom. The first kappa shape index (κ1) is 16.3. The smallest absolute Gasteiger partial charge is 0.0349 e. The molecule has 2 unspecified atom stereocenters. The van der Waals surface area contributed by atoms with E-state index in [2.05, 4.69) is 68.6 Å². The number of benzene rings is 1. The fourth-order valence-electron chi connectivity index (χ4n) is 2.77. The van der Waals surface area contributed by atoms with E-state index < -0.39 is 0 Å². The molecule has 0 radical (unpaired) electrons. The maximum atomic E-state index is 3.73. The van der Waals surface area contributed by atoms with Gasteiger partial charge in [-0.15, -0.1) is 11.3 Å². The average molecular weight is 301 g/mol. The van der Waals surface area contributed by atoms with E-state index in [4.69, 9.17) is 0 Å². The van der Waals surface area contributed by atoms with Gasteiger partial charge in [0.05, 0.1) is 0 Å². The molecule has 2 heteroatoms. The molecule has 0 saturated carbocycles. The van der Waals surface area contributed by atoms with Crippen molar-refractivity contribution in [2.75, 3.05) is 6.54 Å². The summed E-state index contributed by atoms with van der Waals surface area (Å²) < 4.78 is 0. The molecule has 0 amide bonds. The van der Waals surface area contributed by atoms with Crippen LogP contribution in [0.15, 0.2) is 42.5 Å². The first-order valence-electron chi connectivity index (χ1n) is 8.10. The van der Waals surface area contributed by atoms with E-state index in [1.54, 1.807) is 0 Å². The Bertz CT molecular complexity index is 517. The number of nitrogens with one attached hydrogen (secondary N) is 1. The minimum Gasteiger partial charge on any atom is -0.310 e. The van der Waals surface area contributed by atoms with Gasteiger partial charge in [0.1, 0.15) is 0 Å². The third-order valence-electron chi connectivity index (χ3n) is 3.93. The van der Waals surface area contributed by atoms with Crippen molar-refractivity contribution in [1.82, 2.24) is 5.32 Å². The minimum absolute atomic E-state index is 0.443. The fraction of sp³-hybridized carbons (Fsp3) is 0.474. The van der Waals surface area contributed by atoms with Gasteiger partial charge in [0.15, 0.2) is 0 Å². The van der Waals surface area contributed by atoms with Crippen molar-refractivity contribution in [1.29, 1.82) is 0 Å². The lowest BCUT2D eigenvalue weighted by atomic mass is 9.91. The number of hydrogen-bond acceptors (Lipinski definition) is 2. The van der Waals surface area contributed by atoms with E-state index in [1.165, 1.54) is 21.7 Å². The predicted molar refractivity (Wildman–Crippen MR) is 94.0 cm³/mol. The van der Waals surface area contributed by atoms with E-state index in [0.717, 1.165) is 19.4 Å². The quantitative estimate of drug-likeness (QED) is 0.704. The summed E-state index contributed by atoms with van der Waals surface area (Å²) in [5.41, 5.74) is 1.41. The van der Waals surface area contributed by atoms with E-state index in [9.17, 15) is 0 Å². The Morgan fingerprint density at radius 3 is 2.33 bits per heavy atom. The van der Waals surface area contributed by atoms with E-state index >= 15 is 0 Å². The van der Waals surface area contributed by atoms with Gasteiger partial charge in [-0.1, -0.05) is 51.1 Å². The van der Waals surface area contributed by atoms with Crippen molar-refractivity contribution in [3.05, 3.63) is 57.8 Å². The van der Waals surface area contributed by atoms with Crippen molar-refractivity contribution in [2.45, 2.75) is 46.1 Å². The van der Waals surface area contributed by atoms with Crippen LogP contribution in [0.2, 0.25) is 0 Å². The summed E-state index contributed by atoms with van der Waals surface area (Å²) in [6.07, 6.45) is 3.48. The Morgan fingerprint density at radius 2 is 1.71 bits per heavy atom. The molecule has 0 aliphatic rings. The van der Waals surface area contributed by atoms with Crippen LogP contribution < -0.4 is 5.32 Å². The van der Waals surface area contributed by atoms with Gasteiger partial charge in [-0.05, 0) is 49.4 Å². The van der Waals surface area contributed by atoms with Crippen LogP contribution in [0.25, 0.3) is 0 Å². The highest BCUT2D eigenvalue weighted by Gasteiger charge is 2.19. The second-order valence-electron chi connectivity index (χ2n) is 5.75. The normalized spacial score (nSPS) is 14.0. The molecule has 1 N–H and O–H groups in total. The second-order valence-corrected chi connectivity index (χ2v) is 7.00. The maximum Gasteiger partial charge on any atom is 0.0349 e. The van der Waals surface area contributed by atoms with E-state index in [-0.39, 0.29) is 0 Å². The Kier molecular flexibility index (Phi) is 6.47. The molecule has 0 aliphatic carbocycles. The summed E-state index contributed by atoms with van der Waals surface area (Å²) >= 11 is 1.97. The lowest BCUT2D eigenvalue weighted by molar-refractivity contribution is 0.386. The first-order chi connectivity index (χ1) is 10.2. The van der Waals surface area contributed by atoms with E-state index in [1.807, 2.05) is 11.3 Å². The molecule has 1 heterocycles. The van der Waals surface area contributed by atoms with Crippen LogP contribution in [0.1, 0.15) is 48.6 Å². The van der Waals surface area contributed by atoms with Gasteiger partial charge in [0.2, 0.25) is 0 Å². The number of rotatable bonds is 8. The average Bonchev–Trinajstić information content (AvgIpc) is 2.96. The van der Waals surface area contributed by atoms with Crippen molar-refractivity contribution >= 4 is 11.3 Å². The molecule has 0 saturated heterocycles. The lowest BCUT2D eigenvalue weighted by Crippen LogP contribution is -2.28. The Hall–Kier alpha value is -1.12. The molecule has 1 aromatic carbocycles. The molecular weight excluding hydrogens is 274 g/mol.